The number of likely N-dealkylation sites (tertiary alicyclic amines) is 1. The maximum Gasteiger partial charge on any atom is 0.284 e. The maximum atomic E-state index is 14.8. The molecule has 1 aliphatic heterocycles. The number of methoxy groups -OCH3 is 1. The average molecular weight is 578 g/mol. The number of carbonyl (C=O) groups is 1. The summed E-state index contributed by atoms with van der Waals surface area (Å²) in [5, 5.41) is 15.0. The van der Waals surface area contributed by atoms with E-state index in [9.17, 15) is 13.6 Å². The number of anilines is 3. The van der Waals surface area contributed by atoms with Crippen LogP contribution in [0.4, 0.5) is 26.0 Å². The fourth-order valence-corrected chi connectivity index (χ4v) is 4.33. The van der Waals surface area contributed by atoms with Crippen LogP contribution in [-0.2, 0) is 14.3 Å². The van der Waals surface area contributed by atoms with Gasteiger partial charge in [0.15, 0.2) is 5.83 Å². The third-order valence-electron chi connectivity index (χ3n) is 6.13. The molecule has 3 N–H and O–H groups in total. The number of fused-ring (bicyclic) bond motifs is 1. The molecule has 3 aromatic rings. The maximum absolute atomic E-state index is 14.8. The first-order valence-corrected chi connectivity index (χ1v) is 13.0. The molecule has 0 spiro atoms. The van der Waals surface area contributed by atoms with Crippen LogP contribution in [0.15, 0.2) is 48.6 Å². The van der Waals surface area contributed by atoms with Crippen LogP contribution in [-0.4, -0.2) is 85.2 Å². The molecule has 1 unspecified atom stereocenters. The number of hydrogen-bond acceptors (Lipinski definition) is 9. The van der Waals surface area contributed by atoms with Gasteiger partial charge in [-0.3, -0.25) is 9.69 Å². The van der Waals surface area contributed by atoms with Gasteiger partial charge >= 0.3 is 0 Å². The number of rotatable bonds is 13. The SMILES string of the molecule is COCCOc1cc2ncnc(Nc3ccc(F)c(Cl)c3)c2cc1NC(=O)C(F)=CCN1CCC(OCCO)C1. The molecule has 1 amide bonds. The van der Waals surface area contributed by atoms with Gasteiger partial charge in [0.05, 0.1) is 42.2 Å². The number of aromatic nitrogens is 2. The number of nitrogens with one attached hydrogen (secondary N) is 2. The van der Waals surface area contributed by atoms with Gasteiger partial charge in [-0.1, -0.05) is 11.6 Å². The lowest BCUT2D eigenvalue weighted by Crippen LogP contribution is -2.25. The molecule has 2 heterocycles. The Balaban J connectivity index is 1.54. The Kier molecular flexibility index (Phi) is 10.6. The van der Waals surface area contributed by atoms with Crippen molar-refractivity contribution < 1.29 is 32.9 Å². The Morgan fingerprint density at radius 1 is 1.25 bits per heavy atom. The molecule has 10 nitrogen and oxygen atoms in total. The van der Waals surface area contributed by atoms with Crippen molar-refractivity contribution in [2.45, 2.75) is 12.5 Å². The molecule has 1 fully saturated rings. The van der Waals surface area contributed by atoms with E-state index >= 15 is 0 Å². The smallest absolute Gasteiger partial charge is 0.284 e. The second-order valence-electron chi connectivity index (χ2n) is 8.95. The number of halogens is 3. The fraction of sp³-hybridized carbons (Fsp3) is 0.370. The van der Waals surface area contributed by atoms with E-state index in [0.717, 1.165) is 6.42 Å². The first-order chi connectivity index (χ1) is 19.4. The lowest BCUT2D eigenvalue weighted by molar-refractivity contribution is -0.114. The molecule has 4 rings (SSSR count). The number of ether oxygens (including phenoxy) is 3. The molecule has 1 saturated heterocycles. The molecule has 40 heavy (non-hydrogen) atoms. The molecule has 1 aliphatic rings. The zero-order chi connectivity index (χ0) is 28.5. The van der Waals surface area contributed by atoms with Crippen LogP contribution in [0.5, 0.6) is 5.75 Å². The van der Waals surface area contributed by atoms with E-state index < -0.39 is 17.6 Å². The summed E-state index contributed by atoms with van der Waals surface area (Å²) in [6.45, 7) is 2.19. The molecule has 1 aromatic heterocycles. The fourth-order valence-electron chi connectivity index (χ4n) is 4.15. The third-order valence-corrected chi connectivity index (χ3v) is 6.42. The van der Waals surface area contributed by atoms with Crippen molar-refractivity contribution in [3.63, 3.8) is 0 Å². The number of benzene rings is 2. The number of aliphatic hydroxyl groups is 1. The summed E-state index contributed by atoms with van der Waals surface area (Å²) in [5.41, 5.74) is 1.17. The zero-order valence-corrected chi connectivity index (χ0v) is 22.6. The predicted octanol–water partition coefficient (Wildman–Crippen LogP) is 4.07. The minimum Gasteiger partial charge on any atom is -0.489 e. The van der Waals surface area contributed by atoms with Crippen molar-refractivity contribution in [3.05, 3.63) is 59.4 Å². The van der Waals surface area contributed by atoms with Crippen molar-refractivity contribution in [3.8, 4) is 5.75 Å². The molecule has 0 bridgehead atoms. The number of amides is 1. The number of hydrogen-bond donors (Lipinski definition) is 3. The first-order valence-electron chi connectivity index (χ1n) is 12.6. The minimum atomic E-state index is -0.953. The average Bonchev–Trinajstić information content (AvgIpc) is 3.41. The first kappa shape index (κ1) is 29.6. The Bertz CT molecular complexity index is 1360. The third kappa shape index (κ3) is 7.83. The highest BCUT2D eigenvalue weighted by molar-refractivity contribution is 6.31. The van der Waals surface area contributed by atoms with E-state index in [1.807, 2.05) is 4.90 Å². The van der Waals surface area contributed by atoms with Gasteiger partial charge in [-0.25, -0.2) is 18.7 Å². The summed E-state index contributed by atoms with van der Waals surface area (Å²) in [6, 6.07) is 7.31. The van der Waals surface area contributed by atoms with Gasteiger partial charge < -0.3 is 30.0 Å². The van der Waals surface area contributed by atoms with Crippen molar-refractivity contribution in [2.24, 2.45) is 0 Å². The van der Waals surface area contributed by atoms with Crippen LogP contribution < -0.4 is 15.4 Å². The molecule has 0 radical (unpaired) electrons. The molecule has 0 saturated carbocycles. The van der Waals surface area contributed by atoms with Crippen LogP contribution in [0.25, 0.3) is 10.9 Å². The van der Waals surface area contributed by atoms with E-state index in [0.29, 0.717) is 42.1 Å². The van der Waals surface area contributed by atoms with Crippen molar-refractivity contribution in [2.75, 3.05) is 63.8 Å². The predicted molar refractivity (Wildman–Crippen MR) is 147 cm³/mol. The Hall–Kier alpha value is -3.42. The lowest BCUT2D eigenvalue weighted by Gasteiger charge is -2.16. The number of carbonyl (C=O) groups excluding carboxylic acids is 1. The van der Waals surface area contributed by atoms with Crippen LogP contribution in [0.3, 0.4) is 0 Å². The molecule has 0 aliphatic carbocycles. The van der Waals surface area contributed by atoms with E-state index in [1.54, 1.807) is 12.1 Å². The molecule has 2 aromatic carbocycles. The monoisotopic (exact) mass is 577 g/mol. The highest BCUT2D eigenvalue weighted by Gasteiger charge is 2.23. The standard InChI is InChI=1S/C27H30ClF2N5O5/c1-38-10-11-40-25-14-23-19(26(32-16-31-23)33-17-2-3-21(29)20(28)12-17)13-24(25)34-27(37)22(30)5-7-35-6-4-18(15-35)39-9-8-36/h2-3,5,12-14,16,18,36H,4,6-11,15H2,1H3,(H,34,37)(H,31,32,33). The van der Waals surface area contributed by atoms with Gasteiger partial charge in [0.25, 0.3) is 5.91 Å². The Labute approximate surface area is 234 Å². The topological polar surface area (TPSA) is 118 Å². The molecule has 214 valence electrons. The summed E-state index contributed by atoms with van der Waals surface area (Å²) in [5.74, 6) is -1.83. The normalized spacial score (nSPS) is 15.9. The van der Waals surface area contributed by atoms with E-state index in [4.69, 9.17) is 30.9 Å². The number of nitrogens with zero attached hydrogens (tertiary/aromatic N) is 3. The summed E-state index contributed by atoms with van der Waals surface area (Å²) < 4.78 is 44.8. The van der Waals surface area contributed by atoms with E-state index in [1.165, 1.54) is 37.7 Å². The summed E-state index contributed by atoms with van der Waals surface area (Å²) in [6.07, 6.45) is 3.29. The van der Waals surface area contributed by atoms with Crippen LogP contribution >= 0.6 is 11.6 Å². The van der Waals surface area contributed by atoms with Gasteiger partial charge in [-0.05, 0) is 36.8 Å². The Morgan fingerprint density at radius 2 is 2.10 bits per heavy atom. The number of aliphatic hydroxyl groups excluding tert-OH is 1. The van der Waals surface area contributed by atoms with Gasteiger partial charge in [-0.15, -0.1) is 0 Å². The molecule has 13 heteroatoms. The quantitative estimate of drug-likeness (QED) is 0.204. The van der Waals surface area contributed by atoms with Crippen molar-refractivity contribution in [1.29, 1.82) is 0 Å². The molecule has 1 atom stereocenters. The van der Waals surface area contributed by atoms with Crippen molar-refractivity contribution in [1.82, 2.24) is 14.9 Å². The van der Waals surface area contributed by atoms with Crippen LogP contribution in [0, 0.1) is 5.82 Å². The summed E-state index contributed by atoms with van der Waals surface area (Å²) >= 11 is 5.90. The van der Waals surface area contributed by atoms with Crippen molar-refractivity contribution >= 4 is 45.6 Å². The van der Waals surface area contributed by atoms with Gasteiger partial charge in [0.1, 0.15) is 30.3 Å². The summed E-state index contributed by atoms with van der Waals surface area (Å²) in [4.78, 5) is 23.3. The second-order valence-corrected chi connectivity index (χ2v) is 9.36. The van der Waals surface area contributed by atoms with Crippen LogP contribution in [0.2, 0.25) is 5.02 Å². The minimum absolute atomic E-state index is 0.0298. The molecular formula is C27H30ClF2N5O5. The van der Waals surface area contributed by atoms with Gasteiger partial charge in [-0.2, -0.15) is 0 Å². The highest BCUT2D eigenvalue weighted by Crippen LogP contribution is 2.34. The molecular weight excluding hydrogens is 548 g/mol. The summed E-state index contributed by atoms with van der Waals surface area (Å²) in [7, 11) is 1.53. The highest BCUT2D eigenvalue weighted by atomic mass is 35.5. The van der Waals surface area contributed by atoms with E-state index in [2.05, 4.69) is 20.6 Å². The lowest BCUT2D eigenvalue weighted by atomic mass is 10.1. The Morgan fingerprint density at radius 3 is 2.88 bits per heavy atom. The zero-order valence-electron chi connectivity index (χ0n) is 21.8. The second kappa shape index (κ2) is 14.3. The van der Waals surface area contributed by atoms with Gasteiger partial charge in [0, 0.05) is 43.9 Å². The van der Waals surface area contributed by atoms with Crippen LogP contribution in [0.1, 0.15) is 6.42 Å². The largest absolute Gasteiger partial charge is 0.489 e. The van der Waals surface area contributed by atoms with E-state index in [-0.39, 0.29) is 48.9 Å². The van der Waals surface area contributed by atoms with Gasteiger partial charge in [0.2, 0.25) is 0 Å².